The second-order valence-corrected chi connectivity index (χ2v) is 6.07. The smallest absolute Gasteiger partial charge is 0.337 e. The summed E-state index contributed by atoms with van der Waals surface area (Å²) in [5, 5.41) is 8.77. The average Bonchev–Trinajstić information content (AvgIpc) is 2.59. The fourth-order valence-electron chi connectivity index (χ4n) is 2.22. The summed E-state index contributed by atoms with van der Waals surface area (Å²) in [4.78, 5) is 12.4. The van der Waals surface area contributed by atoms with E-state index in [2.05, 4.69) is 6.92 Å². The normalized spacial score (nSPS) is 15.0. The number of unbranched alkanes of at least 4 members (excludes halogenated alkanes) is 1. The Morgan fingerprint density at radius 2 is 1.96 bits per heavy atom. The predicted octanol–water partition coefficient (Wildman–Crippen LogP) is 1.56. The van der Waals surface area contributed by atoms with E-state index in [1.165, 1.54) is 0 Å². The van der Waals surface area contributed by atoms with Crippen molar-refractivity contribution in [3.63, 3.8) is 0 Å². The van der Waals surface area contributed by atoms with Gasteiger partial charge in [-0.25, -0.2) is 4.79 Å². The minimum atomic E-state index is -0.979. The summed E-state index contributed by atoms with van der Waals surface area (Å²) in [6.07, 6.45) is 1.84. The van der Waals surface area contributed by atoms with Crippen molar-refractivity contribution < 1.29 is 23.8 Å². The van der Waals surface area contributed by atoms with E-state index in [0.29, 0.717) is 22.8 Å². The zero-order chi connectivity index (χ0) is 17.3. The number of carbonyl (C=O) groups is 1. The highest BCUT2D eigenvalue weighted by molar-refractivity contribution is 6.00. The summed E-state index contributed by atoms with van der Waals surface area (Å²) in [7, 11) is 0.449. The zero-order valence-corrected chi connectivity index (χ0v) is 16.5. The number of benzene rings is 1. The molecular formula is C17H28O5Si. The summed E-state index contributed by atoms with van der Waals surface area (Å²) in [5.74, 6) is 0.240. The number of aliphatic hydroxyl groups is 1. The van der Waals surface area contributed by atoms with Gasteiger partial charge in [0.1, 0.15) is 22.8 Å². The van der Waals surface area contributed by atoms with Crippen molar-refractivity contribution in [2.75, 3.05) is 19.8 Å². The molecule has 0 heterocycles. The van der Waals surface area contributed by atoms with Gasteiger partial charge in [-0.05, 0) is 31.0 Å². The Kier molecular flexibility index (Phi) is 8.29. The van der Waals surface area contributed by atoms with Crippen molar-refractivity contribution in [1.82, 2.24) is 0 Å². The molecule has 0 aliphatic carbocycles. The molecule has 0 fully saturated rings. The first-order valence-electron chi connectivity index (χ1n) is 8.05. The number of hydrogen-bond acceptors (Lipinski definition) is 5. The highest BCUT2D eigenvalue weighted by Crippen LogP contribution is 2.32. The van der Waals surface area contributed by atoms with Gasteiger partial charge in [0.15, 0.2) is 5.60 Å². The fraction of sp³-hybridized carbons (Fsp3) is 0.588. The van der Waals surface area contributed by atoms with Gasteiger partial charge in [-0.1, -0.05) is 32.4 Å². The Balaban J connectivity index is 2.81. The number of ether oxygens (including phenoxy) is 2. The van der Waals surface area contributed by atoms with Crippen LogP contribution in [0, 0.1) is 0 Å². The Labute approximate surface area is 141 Å². The minimum absolute atomic E-state index is 0.0197. The van der Waals surface area contributed by atoms with Gasteiger partial charge in [0.2, 0.25) is 0 Å². The summed E-state index contributed by atoms with van der Waals surface area (Å²) in [6, 6.07) is 7.49. The molecule has 23 heavy (non-hydrogen) atoms. The van der Waals surface area contributed by atoms with Gasteiger partial charge in [0, 0.05) is 5.92 Å². The van der Waals surface area contributed by atoms with Crippen LogP contribution in [0.1, 0.15) is 45.1 Å². The van der Waals surface area contributed by atoms with Crippen LogP contribution < -0.4 is 4.74 Å². The van der Waals surface area contributed by atoms with E-state index in [1.54, 1.807) is 6.92 Å². The van der Waals surface area contributed by atoms with E-state index >= 15 is 0 Å². The molecule has 6 heteroatoms. The Bertz CT molecular complexity index is 476. The van der Waals surface area contributed by atoms with Gasteiger partial charge >= 0.3 is 5.97 Å². The van der Waals surface area contributed by atoms with E-state index in [9.17, 15) is 4.79 Å². The molecule has 0 saturated carbocycles. The third-order valence-electron chi connectivity index (χ3n) is 4.13. The van der Waals surface area contributed by atoms with Crippen molar-refractivity contribution in [2.24, 2.45) is 0 Å². The van der Waals surface area contributed by atoms with Gasteiger partial charge in [0.05, 0.1) is 13.2 Å². The maximum atomic E-state index is 12.4. The molecule has 2 unspecified atom stereocenters. The standard InChI is InChI=1S/C17H28O5Si/c1-4-5-11-21-16(19)17(3,22-23)13(2)14-6-8-15(9-7-14)20-12-10-18/h6-9,13,18H,4-5,10-12H2,1-3,23H3. The average molecular weight is 340 g/mol. The van der Waals surface area contributed by atoms with Gasteiger partial charge in [-0.3, -0.25) is 0 Å². The number of rotatable bonds is 10. The molecule has 0 bridgehead atoms. The molecule has 2 atom stereocenters. The highest BCUT2D eigenvalue weighted by atomic mass is 28.2. The van der Waals surface area contributed by atoms with Crippen molar-refractivity contribution in [2.45, 2.75) is 45.1 Å². The Morgan fingerprint density at radius 3 is 2.48 bits per heavy atom. The van der Waals surface area contributed by atoms with Gasteiger partial charge in [-0.15, -0.1) is 0 Å². The maximum absolute atomic E-state index is 12.4. The van der Waals surface area contributed by atoms with Crippen LogP contribution in [0.5, 0.6) is 5.75 Å². The van der Waals surface area contributed by atoms with Gasteiger partial charge in [0.25, 0.3) is 0 Å². The van der Waals surface area contributed by atoms with E-state index in [1.807, 2.05) is 31.2 Å². The molecule has 0 amide bonds. The van der Waals surface area contributed by atoms with Crippen molar-refractivity contribution in [3.05, 3.63) is 29.8 Å². The van der Waals surface area contributed by atoms with Crippen LogP contribution in [0.2, 0.25) is 0 Å². The quantitative estimate of drug-likeness (QED) is 0.398. The van der Waals surface area contributed by atoms with E-state index in [4.69, 9.17) is 19.0 Å². The number of aliphatic hydroxyl groups excluding tert-OH is 1. The molecule has 1 N–H and O–H groups in total. The third kappa shape index (κ3) is 5.33. The number of esters is 1. The van der Waals surface area contributed by atoms with E-state index < -0.39 is 5.60 Å². The fourth-order valence-corrected chi connectivity index (χ4v) is 2.74. The SMILES string of the molecule is CCCCOC(=O)C(C)(O[SiH3])C(C)c1ccc(OCCO)cc1. The van der Waals surface area contributed by atoms with Crippen molar-refractivity contribution in [1.29, 1.82) is 0 Å². The molecule has 0 radical (unpaired) electrons. The van der Waals surface area contributed by atoms with Crippen LogP contribution in [-0.4, -0.2) is 47.0 Å². The van der Waals surface area contributed by atoms with Crippen LogP contribution in [-0.2, 0) is 14.0 Å². The van der Waals surface area contributed by atoms with Gasteiger partial charge < -0.3 is 19.0 Å². The van der Waals surface area contributed by atoms with E-state index in [-0.39, 0.29) is 25.1 Å². The molecule has 5 nitrogen and oxygen atoms in total. The third-order valence-corrected chi connectivity index (χ3v) is 4.97. The molecule has 0 aromatic heterocycles. The molecular weight excluding hydrogens is 312 g/mol. The number of carbonyl (C=O) groups excluding carboxylic acids is 1. The molecule has 1 aromatic carbocycles. The second-order valence-electron chi connectivity index (χ2n) is 5.66. The van der Waals surface area contributed by atoms with Crippen LogP contribution in [0.4, 0.5) is 0 Å². The molecule has 1 rings (SSSR count). The molecule has 1 aromatic rings. The molecule has 0 aliphatic rings. The minimum Gasteiger partial charge on any atom is -0.491 e. The van der Waals surface area contributed by atoms with Crippen LogP contribution >= 0.6 is 0 Å². The lowest BCUT2D eigenvalue weighted by Crippen LogP contribution is -2.44. The second kappa shape index (κ2) is 9.70. The molecule has 0 saturated heterocycles. The predicted molar refractivity (Wildman–Crippen MR) is 92.7 cm³/mol. The largest absolute Gasteiger partial charge is 0.491 e. The van der Waals surface area contributed by atoms with Crippen molar-refractivity contribution in [3.8, 4) is 5.75 Å². The van der Waals surface area contributed by atoms with Gasteiger partial charge in [-0.2, -0.15) is 0 Å². The van der Waals surface area contributed by atoms with E-state index in [0.717, 1.165) is 18.4 Å². The monoisotopic (exact) mass is 340 g/mol. The van der Waals surface area contributed by atoms with Crippen LogP contribution in [0.3, 0.4) is 0 Å². The topological polar surface area (TPSA) is 65.0 Å². The lowest BCUT2D eigenvalue weighted by Gasteiger charge is -2.33. The molecule has 130 valence electrons. The highest BCUT2D eigenvalue weighted by Gasteiger charge is 2.40. The maximum Gasteiger partial charge on any atom is 0.337 e. The summed E-state index contributed by atoms with van der Waals surface area (Å²) >= 11 is 0. The Hall–Kier alpha value is -1.37. The molecule has 0 aliphatic heterocycles. The van der Waals surface area contributed by atoms with Crippen LogP contribution in [0.25, 0.3) is 0 Å². The zero-order valence-electron chi connectivity index (χ0n) is 14.5. The summed E-state index contributed by atoms with van der Waals surface area (Å²) in [5.41, 5.74) is 0.0000992. The lowest BCUT2D eigenvalue weighted by molar-refractivity contribution is -0.162. The summed E-state index contributed by atoms with van der Waals surface area (Å²) < 4.78 is 16.4. The first kappa shape index (κ1) is 19.7. The Morgan fingerprint density at radius 1 is 1.30 bits per heavy atom. The molecule has 0 spiro atoms. The lowest BCUT2D eigenvalue weighted by atomic mass is 9.85. The first-order chi connectivity index (χ1) is 11.0. The van der Waals surface area contributed by atoms with Crippen molar-refractivity contribution >= 4 is 16.5 Å². The van der Waals surface area contributed by atoms with Crippen LogP contribution in [0.15, 0.2) is 24.3 Å². The summed E-state index contributed by atoms with van der Waals surface area (Å²) in [6.45, 7) is 6.47. The first-order valence-corrected chi connectivity index (χ1v) is 8.87. The number of hydrogen-bond donors (Lipinski definition) is 1.